The van der Waals surface area contributed by atoms with Gasteiger partial charge in [0, 0.05) is 26.1 Å². The van der Waals surface area contributed by atoms with Gasteiger partial charge in [-0.3, -0.25) is 4.79 Å². The van der Waals surface area contributed by atoms with Crippen molar-refractivity contribution in [2.45, 2.75) is 33.1 Å². The SMILES string of the molecule is CCOc1ccc(CCC(=O)N2CCCN(CC)CC2)cc1. The van der Waals surface area contributed by atoms with Gasteiger partial charge in [-0.2, -0.15) is 0 Å². The third-order valence-corrected chi connectivity index (χ3v) is 4.25. The summed E-state index contributed by atoms with van der Waals surface area (Å²) in [4.78, 5) is 16.8. The molecule has 0 radical (unpaired) electrons. The molecule has 0 atom stereocenters. The Hall–Kier alpha value is -1.55. The summed E-state index contributed by atoms with van der Waals surface area (Å²) in [5.41, 5.74) is 1.20. The molecule has 2 rings (SSSR count). The second-order valence-electron chi connectivity index (χ2n) is 5.75. The molecule has 0 aromatic heterocycles. The molecule has 0 spiro atoms. The van der Waals surface area contributed by atoms with Crippen LogP contribution in [0.15, 0.2) is 24.3 Å². The molecule has 1 amide bonds. The predicted octanol–water partition coefficient (Wildman–Crippen LogP) is 2.57. The highest BCUT2D eigenvalue weighted by molar-refractivity contribution is 5.76. The number of carbonyl (C=O) groups excluding carboxylic acids is 1. The van der Waals surface area contributed by atoms with Gasteiger partial charge in [-0.25, -0.2) is 0 Å². The minimum atomic E-state index is 0.284. The fourth-order valence-electron chi connectivity index (χ4n) is 2.86. The lowest BCUT2D eigenvalue weighted by Crippen LogP contribution is -2.35. The van der Waals surface area contributed by atoms with Crippen LogP contribution in [0.2, 0.25) is 0 Å². The summed E-state index contributed by atoms with van der Waals surface area (Å²) in [5.74, 6) is 1.18. The van der Waals surface area contributed by atoms with Crippen LogP contribution in [-0.2, 0) is 11.2 Å². The lowest BCUT2D eigenvalue weighted by atomic mass is 10.1. The highest BCUT2D eigenvalue weighted by Gasteiger charge is 2.17. The van der Waals surface area contributed by atoms with Crippen molar-refractivity contribution < 1.29 is 9.53 Å². The highest BCUT2D eigenvalue weighted by Crippen LogP contribution is 2.14. The molecule has 1 fully saturated rings. The van der Waals surface area contributed by atoms with Gasteiger partial charge < -0.3 is 14.5 Å². The Morgan fingerprint density at radius 1 is 1.09 bits per heavy atom. The molecule has 0 aliphatic carbocycles. The Labute approximate surface area is 134 Å². The Morgan fingerprint density at radius 2 is 1.86 bits per heavy atom. The first-order chi connectivity index (χ1) is 10.7. The number of nitrogens with zero attached hydrogens (tertiary/aromatic N) is 2. The smallest absolute Gasteiger partial charge is 0.222 e. The maximum atomic E-state index is 12.4. The average Bonchev–Trinajstić information content (AvgIpc) is 2.80. The molecule has 0 N–H and O–H groups in total. The summed E-state index contributed by atoms with van der Waals surface area (Å²) < 4.78 is 5.44. The summed E-state index contributed by atoms with van der Waals surface area (Å²) in [6.45, 7) is 9.81. The van der Waals surface area contributed by atoms with E-state index in [0.29, 0.717) is 13.0 Å². The number of benzene rings is 1. The molecule has 122 valence electrons. The summed E-state index contributed by atoms with van der Waals surface area (Å²) in [6.07, 6.45) is 2.49. The molecule has 0 bridgehead atoms. The van der Waals surface area contributed by atoms with Crippen molar-refractivity contribution in [1.29, 1.82) is 0 Å². The molecule has 1 aliphatic rings. The monoisotopic (exact) mass is 304 g/mol. The second-order valence-corrected chi connectivity index (χ2v) is 5.75. The first kappa shape index (κ1) is 16.8. The van der Waals surface area contributed by atoms with E-state index in [2.05, 4.69) is 24.0 Å². The number of likely N-dealkylation sites (N-methyl/N-ethyl adjacent to an activating group) is 1. The van der Waals surface area contributed by atoms with Gasteiger partial charge in [0.2, 0.25) is 5.91 Å². The molecule has 1 saturated heterocycles. The third-order valence-electron chi connectivity index (χ3n) is 4.25. The van der Waals surface area contributed by atoms with Gasteiger partial charge in [-0.1, -0.05) is 19.1 Å². The fourth-order valence-corrected chi connectivity index (χ4v) is 2.86. The van der Waals surface area contributed by atoms with E-state index in [1.807, 2.05) is 24.0 Å². The Morgan fingerprint density at radius 3 is 2.55 bits per heavy atom. The Balaban J connectivity index is 1.79. The molecular weight excluding hydrogens is 276 g/mol. The van der Waals surface area contributed by atoms with Gasteiger partial charge in [0.15, 0.2) is 0 Å². The molecule has 22 heavy (non-hydrogen) atoms. The van der Waals surface area contributed by atoms with E-state index in [9.17, 15) is 4.79 Å². The lowest BCUT2D eigenvalue weighted by molar-refractivity contribution is -0.131. The number of rotatable bonds is 6. The number of hydrogen-bond donors (Lipinski definition) is 0. The van der Waals surface area contributed by atoms with Crippen LogP contribution in [0.3, 0.4) is 0 Å². The van der Waals surface area contributed by atoms with E-state index in [4.69, 9.17) is 4.74 Å². The van der Waals surface area contributed by atoms with Crippen LogP contribution >= 0.6 is 0 Å². The zero-order chi connectivity index (χ0) is 15.8. The Bertz CT molecular complexity index is 459. The quantitative estimate of drug-likeness (QED) is 0.810. The molecule has 4 heteroatoms. The van der Waals surface area contributed by atoms with Gasteiger partial charge in [0.05, 0.1) is 6.61 Å². The molecule has 1 aromatic carbocycles. The van der Waals surface area contributed by atoms with Crippen LogP contribution < -0.4 is 4.74 Å². The minimum Gasteiger partial charge on any atom is -0.494 e. The molecule has 1 aliphatic heterocycles. The summed E-state index contributed by atoms with van der Waals surface area (Å²) >= 11 is 0. The largest absolute Gasteiger partial charge is 0.494 e. The first-order valence-corrected chi connectivity index (χ1v) is 8.44. The van der Waals surface area contributed by atoms with E-state index in [-0.39, 0.29) is 5.91 Å². The highest BCUT2D eigenvalue weighted by atomic mass is 16.5. The molecule has 1 aromatic rings. The van der Waals surface area contributed by atoms with Crippen LogP contribution in [0.25, 0.3) is 0 Å². The average molecular weight is 304 g/mol. The van der Waals surface area contributed by atoms with Crippen molar-refractivity contribution in [3.05, 3.63) is 29.8 Å². The van der Waals surface area contributed by atoms with Crippen molar-refractivity contribution in [3.8, 4) is 5.75 Å². The third kappa shape index (κ3) is 5.02. The van der Waals surface area contributed by atoms with Gasteiger partial charge in [-0.15, -0.1) is 0 Å². The Kier molecular flexibility index (Phi) is 6.72. The number of amides is 1. The first-order valence-electron chi connectivity index (χ1n) is 8.44. The van der Waals surface area contributed by atoms with Gasteiger partial charge >= 0.3 is 0 Å². The van der Waals surface area contributed by atoms with E-state index < -0.39 is 0 Å². The van der Waals surface area contributed by atoms with E-state index in [1.165, 1.54) is 5.56 Å². The van der Waals surface area contributed by atoms with E-state index in [0.717, 1.165) is 51.3 Å². The van der Waals surface area contributed by atoms with Crippen LogP contribution in [0, 0.1) is 0 Å². The lowest BCUT2D eigenvalue weighted by Gasteiger charge is -2.21. The van der Waals surface area contributed by atoms with Crippen molar-refractivity contribution in [2.24, 2.45) is 0 Å². The maximum absolute atomic E-state index is 12.4. The standard InChI is InChI=1S/C18H28N2O2/c1-3-19-12-5-13-20(15-14-19)18(21)11-8-16-6-9-17(10-7-16)22-4-2/h6-7,9-10H,3-5,8,11-15H2,1-2H3. The molecule has 0 unspecified atom stereocenters. The van der Waals surface area contributed by atoms with Gasteiger partial charge in [-0.05, 0) is 50.6 Å². The minimum absolute atomic E-state index is 0.284. The molecular formula is C18H28N2O2. The fraction of sp³-hybridized carbons (Fsp3) is 0.611. The normalized spacial score (nSPS) is 16.4. The van der Waals surface area contributed by atoms with Crippen LogP contribution in [0.1, 0.15) is 32.3 Å². The van der Waals surface area contributed by atoms with Gasteiger partial charge in [0.1, 0.15) is 5.75 Å². The zero-order valence-electron chi connectivity index (χ0n) is 13.9. The van der Waals surface area contributed by atoms with Crippen molar-refractivity contribution in [3.63, 3.8) is 0 Å². The molecule has 4 nitrogen and oxygen atoms in total. The summed E-state index contributed by atoms with van der Waals surface area (Å²) in [5, 5.41) is 0. The number of carbonyl (C=O) groups is 1. The molecule has 1 heterocycles. The number of hydrogen-bond acceptors (Lipinski definition) is 3. The topological polar surface area (TPSA) is 32.8 Å². The van der Waals surface area contributed by atoms with Crippen LogP contribution in [0.4, 0.5) is 0 Å². The van der Waals surface area contributed by atoms with Crippen LogP contribution in [-0.4, -0.2) is 55.0 Å². The van der Waals surface area contributed by atoms with Crippen molar-refractivity contribution in [2.75, 3.05) is 39.3 Å². The van der Waals surface area contributed by atoms with E-state index in [1.54, 1.807) is 0 Å². The van der Waals surface area contributed by atoms with Crippen molar-refractivity contribution >= 4 is 5.91 Å². The summed E-state index contributed by atoms with van der Waals surface area (Å²) in [6, 6.07) is 8.07. The summed E-state index contributed by atoms with van der Waals surface area (Å²) in [7, 11) is 0. The predicted molar refractivity (Wildman–Crippen MR) is 89.2 cm³/mol. The van der Waals surface area contributed by atoms with E-state index >= 15 is 0 Å². The van der Waals surface area contributed by atoms with Gasteiger partial charge in [0.25, 0.3) is 0 Å². The zero-order valence-corrected chi connectivity index (χ0v) is 13.9. The van der Waals surface area contributed by atoms with Crippen molar-refractivity contribution in [1.82, 2.24) is 9.80 Å². The second kappa shape index (κ2) is 8.79. The maximum Gasteiger partial charge on any atom is 0.222 e. The number of ether oxygens (including phenoxy) is 1. The van der Waals surface area contributed by atoms with Crippen LogP contribution in [0.5, 0.6) is 5.75 Å². The molecule has 0 saturated carbocycles. The number of aryl methyl sites for hydroxylation is 1.